The molecule has 0 N–H and O–H groups in total. The van der Waals surface area contributed by atoms with Crippen molar-refractivity contribution in [2.75, 3.05) is 18.6 Å². The summed E-state index contributed by atoms with van der Waals surface area (Å²) >= 11 is 1.29. The lowest BCUT2D eigenvalue weighted by molar-refractivity contribution is -0.117. The monoisotopic (exact) mass is 457 g/mol. The highest BCUT2D eigenvalue weighted by Gasteiger charge is 2.29. The highest BCUT2D eigenvalue weighted by Crippen LogP contribution is 2.33. The van der Waals surface area contributed by atoms with Crippen LogP contribution in [0.3, 0.4) is 0 Å². The van der Waals surface area contributed by atoms with E-state index in [0.29, 0.717) is 34.0 Å². The third-order valence-electron chi connectivity index (χ3n) is 5.85. The Balaban J connectivity index is 1.58. The van der Waals surface area contributed by atoms with E-state index in [4.69, 9.17) is 9.72 Å². The molecule has 5 rings (SSSR count). The van der Waals surface area contributed by atoms with Crippen molar-refractivity contribution < 1.29 is 9.53 Å². The number of para-hydroxylation sites is 4. The Morgan fingerprint density at radius 1 is 1.00 bits per heavy atom. The van der Waals surface area contributed by atoms with E-state index >= 15 is 0 Å². The quantitative estimate of drug-likeness (QED) is 0.327. The summed E-state index contributed by atoms with van der Waals surface area (Å²) in [6.45, 7) is 2.52. The fourth-order valence-electron chi connectivity index (χ4n) is 4.21. The summed E-state index contributed by atoms with van der Waals surface area (Å²) in [6, 6.07) is 22.6. The maximum absolute atomic E-state index is 13.5. The molecule has 0 saturated heterocycles. The summed E-state index contributed by atoms with van der Waals surface area (Å²) in [4.78, 5) is 33.6. The first-order chi connectivity index (χ1) is 16.1. The summed E-state index contributed by atoms with van der Waals surface area (Å²) in [5.41, 5.74) is 3.14. The molecule has 1 aliphatic heterocycles. The summed E-state index contributed by atoms with van der Waals surface area (Å²) in [5.74, 6) is 0.560. The van der Waals surface area contributed by atoms with Gasteiger partial charge < -0.3 is 9.64 Å². The first-order valence-corrected chi connectivity index (χ1v) is 11.7. The number of methoxy groups -OCH3 is 1. The standard InChI is InChI=1S/C26H23N3O3S/c1-17(24(30)28-16-15-18-9-3-6-12-21(18)28)33-26-27-20-11-5-4-10-19(20)25(31)29(26)22-13-7-8-14-23(22)32-2/h3-14,17H,15-16H2,1-2H3/t17-/m0/s1. The molecule has 3 aromatic carbocycles. The lowest BCUT2D eigenvalue weighted by Crippen LogP contribution is -2.35. The van der Waals surface area contributed by atoms with E-state index in [9.17, 15) is 9.59 Å². The van der Waals surface area contributed by atoms with Crippen LogP contribution in [-0.4, -0.2) is 34.4 Å². The van der Waals surface area contributed by atoms with Crippen LogP contribution in [0.15, 0.2) is 82.7 Å². The smallest absolute Gasteiger partial charge is 0.266 e. The van der Waals surface area contributed by atoms with Gasteiger partial charge in [0.25, 0.3) is 5.56 Å². The summed E-state index contributed by atoms with van der Waals surface area (Å²) in [6.07, 6.45) is 0.847. The van der Waals surface area contributed by atoms with Crippen LogP contribution in [0.4, 0.5) is 5.69 Å². The number of amides is 1. The molecule has 1 atom stereocenters. The average Bonchev–Trinajstić information content (AvgIpc) is 3.28. The molecule has 7 heteroatoms. The molecule has 0 aliphatic carbocycles. The third kappa shape index (κ3) is 3.78. The average molecular weight is 458 g/mol. The number of hydrogen-bond acceptors (Lipinski definition) is 5. The molecule has 4 aromatic rings. The van der Waals surface area contributed by atoms with Crippen molar-refractivity contribution in [1.29, 1.82) is 0 Å². The van der Waals surface area contributed by atoms with Crippen LogP contribution in [0.5, 0.6) is 5.75 Å². The van der Waals surface area contributed by atoms with Crippen LogP contribution < -0.4 is 15.2 Å². The number of aromatic nitrogens is 2. The highest BCUT2D eigenvalue weighted by molar-refractivity contribution is 8.00. The fourth-order valence-corrected chi connectivity index (χ4v) is 5.20. The number of ether oxygens (including phenoxy) is 1. The van der Waals surface area contributed by atoms with Gasteiger partial charge >= 0.3 is 0 Å². The van der Waals surface area contributed by atoms with Crippen LogP contribution in [0.2, 0.25) is 0 Å². The number of benzene rings is 3. The Labute approximate surface area is 195 Å². The van der Waals surface area contributed by atoms with E-state index in [1.165, 1.54) is 17.3 Å². The maximum atomic E-state index is 13.5. The van der Waals surface area contributed by atoms with Crippen LogP contribution in [0.1, 0.15) is 12.5 Å². The van der Waals surface area contributed by atoms with Crippen molar-refractivity contribution in [2.24, 2.45) is 0 Å². The molecule has 0 radical (unpaired) electrons. The van der Waals surface area contributed by atoms with Crippen molar-refractivity contribution >= 4 is 34.3 Å². The number of thioether (sulfide) groups is 1. The molecule has 33 heavy (non-hydrogen) atoms. The van der Waals surface area contributed by atoms with E-state index < -0.39 is 5.25 Å². The molecule has 0 bridgehead atoms. The van der Waals surface area contributed by atoms with Crippen molar-refractivity contribution in [1.82, 2.24) is 9.55 Å². The molecular weight excluding hydrogens is 434 g/mol. The molecule has 0 spiro atoms. The molecule has 1 aliphatic rings. The molecule has 0 unspecified atom stereocenters. The van der Waals surface area contributed by atoms with E-state index in [-0.39, 0.29) is 11.5 Å². The predicted molar refractivity (Wildman–Crippen MR) is 132 cm³/mol. The predicted octanol–water partition coefficient (Wildman–Crippen LogP) is 4.46. The zero-order valence-corrected chi connectivity index (χ0v) is 19.2. The Bertz CT molecular complexity index is 1420. The van der Waals surface area contributed by atoms with Gasteiger partial charge in [-0.1, -0.05) is 54.2 Å². The van der Waals surface area contributed by atoms with Gasteiger partial charge in [0.05, 0.1) is 29.0 Å². The highest BCUT2D eigenvalue weighted by atomic mass is 32.2. The second-order valence-corrected chi connectivity index (χ2v) is 9.16. The lowest BCUT2D eigenvalue weighted by atomic mass is 10.2. The Morgan fingerprint density at radius 3 is 2.52 bits per heavy atom. The normalized spacial score (nSPS) is 13.7. The van der Waals surface area contributed by atoms with Gasteiger partial charge in [0.2, 0.25) is 5.91 Å². The van der Waals surface area contributed by atoms with Gasteiger partial charge in [-0.25, -0.2) is 4.98 Å². The molecule has 6 nitrogen and oxygen atoms in total. The van der Waals surface area contributed by atoms with Crippen molar-refractivity contribution in [3.05, 3.63) is 88.7 Å². The van der Waals surface area contributed by atoms with E-state index in [1.807, 2.05) is 66.4 Å². The Kier molecular flexibility index (Phi) is 5.64. The topological polar surface area (TPSA) is 64.4 Å². The van der Waals surface area contributed by atoms with E-state index in [2.05, 4.69) is 6.07 Å². The van der Waals surface area contributed by atoms with Gasteiger partial charge in [-0.3, -0.25) is 14.2 Å². The first-order valence-electron chi connectivity index (χ1n) is 10.8. The second kappa shape index (κ2) is 8.75. The van der Waals surface area contributed by atoms with Gasteiger partial charge in [0, 0.05) is 12.2 Å². The van der Waals surface area contributed by atoms with Crippen LogP contribution in [0, 0.1) is 0 Å². The van der Waals surface area contributed by atoms with Gasteiger partial charge in [-0.05, 0) is 49.2 Å². The van der Waals surface area contributed by atoms with Crippen molar-refractivity contribution in [3.8, 4) is 11.4 Å². The minimum atomic E-state index is -0.440. The summed E-state index contributed by atoms with van der Waals surface area (Å²) in [7, 11) is 1.57. The molecule has 166 valence electrons. The molecule has 0 saturated carbocycles. The molecule has 1 amide bonds. The molecule has 0 fully saturated rings. The molecule has 2 heterocycles. The van der Waals surface area contributed by atoms with Gasteiger partial charge in [-0.2, -0.15) is 0 Å². The lowest BCUT2D eigenvalue weighted by Gasteiger charge is -2.22. The van der Waals surface area contributed by atoms with Gasteiger partial charge in [-0.15, -0.1) is 0 Å². The van der Waals surface area contributed by atoms with Gasteiger partial charge in [0.1, 0.15) is 5.75 Å². The Hall–Kier alpha value is -3.58. The van der Waals surface area contributed by atoms with E-state index in [0.717, 1.165) is 12.1 Å². The number of anilines is 1. The summed E-state index contributed by atoms with van der Waals surface area (Å²) < 4.78 is 7.07. The molecular formula is C26H23N3O3S. The number of carbonyl (C=O) groups is 1. The Morgan fingerprint density at radius 2 is 1.70 bits per heavy atom. The van der Waals surface area contributed by atoms with Crippen LogP contribution >= 0.6 is 11.8 Å². The zero-order valence-electron chi connectivity index (χ0n) is 18.4. The van der Waals surface area contributed by atoms with Crippen LogP contribution in [-0.2, 0) is 11.2 Å². The number of fused-ring (bicyclic) bond motifs is 2. The second-order valence-electron chi connectivity index (χ2n) is 7.85. The summed E-state index contributed by atoms with van der Waals surface area (Å²) in [5, 5.41) is 0.530. The minimum Gasteiger partial charge on any atom is -0.495 e. The molecule has 1 aromatic heterocycles. The van der Waals surface area contributed by atoms with Crippen molar-refractivity contribution in [3.63, 3.8) is 0 Å². The zero-order chi connectivity index (χ0) is 22.9. The SMILES string of the molecule is COc1ccccc1-n1c(S[C@@H](C)C(=O)N2CCc3ccccc32)nc2ccccc2c1=O. The number of carbonyl (C=O) groups excluding carboxylic acids is 1. The minimum absolute atomic E-state index is 0.000987. The maximum Gasteiger partial charge on any atom is 0.266 e. The number of nitrogens with zero attached hydrogens (tertiary/aromatic N) is 3. The first kappa shape index (κ1) is 21.3. The van der Waals surface area contributed by atoms with Crippen LogP contribution in [0.25, 0.3) is 16.6 Å². The fraction of sp³-hybridized carbons (Fsp3) is 0.192. The van der Waals surface area contributed by atoms with Crippen molar-refractivity contribution in [2.45, 2.75) is 23.8 Å². The van der Waals surface area contributed by atoms with Gasteiger partial charge in [0.15, 0.2) is 5.16 Å². The largest absolute Gasteiger partial charge is 0.495 e. The number of rotatable bonds is 5. The number of hydrogen-bond donors (Lipinski definition) is 0. The third-order valence-corrected chi connectivity index (χ3v) is 6.89. The van der Waals surface area contributed by atoms with E-state index in [1.54, 1.807) is 23.8 Å².